The van der Waals surface area contributed by atoms with Crippen LogP contribution < -0.4 is 0 Å². The monoisotopic (exact) mass is 112 g/mol. The number of terminal acetylenes is 1. The van der Waals surface area contributed by atoms with Crippen LogP contribution in [0.2, 0.25) is 0 Å². The Hall–Kier alpha value is -0.700. The summed E-state index contributed by atoms with van der Waals surface area (Å²) >= 11 is 0. The first-order valence-corrected chi connectivity index (χ1v) is 2.85. The van der Waals surface area contributed by atoms with Crippen molar-refractivity contribution in [2.75, 3.05) is 0 Å². The van der Waals surface area contributed by atoms with Gasteiger partial charge in [-0.2, -0.15) is 0 Å². The summed E-state index contributed by atoms with van der Waals surface area (Å²) in [6.45, 7) is 11.9. The average Bonchev–Trinajstić information content (AvgIpc) is 1.96. The number of hydrogen-bond acceptors (Lipinski definition) is 0. The predicted octanol–water partition coefficient (Wildman–Crippen LogP) is 2.86. The molecule has 0 aliphatic heterocycles. The van der Waals surface area contributed by atoms with Gasteiger partial charge in [0.2, 0.25) is 0 Å². The molecule has 0 bridgehead atoms. The van der Waals surface area contributed by atoms with E-state index in [9.17, 15) is 0 Å². The van der Waals surface area contributed by atoms with Crippen LogP contribution >= 0.6 is 0 Å². The van der Waals surface area contributed by atoms with E-state index in [1.165, 1.54) is 0 Å². The molecular weight excluding hydrogens is 96.1 g/mol. The van der Waals surface area contributed by atoms with Gasteiger partial charge in [0.05, 0.1) is 0 Å². The van der Waals surface area contributed by atoms with E-state index in [0.717, 1.165) is 6.42 Å². The molecule has 0 aromatic rings. The molecule has 0 saturated carbocycles. The highest BCUT2D eigenvalue weighted by Gasteiger charge is 1.43. The Morgan fingerprint density at radius 1 is 1.38 bits per heavy atom. The Balaban J connectivity index is -0.0000000542. The summed E-state index contributed by atoms with van der Waals surface area (Å²) in [5.74, 6) is 2.43. The highest BCUT2D eigenvalue weighted by Crippen LogP contribution is 1.58. The largest absolute Gasteiger partial charge is 0.120 e. The Bertz CT molecular complexity index is 38.5. The van der Waals surface area contributed by atoms with Crippen LogP contribution in [-0.2, 0) is 0 Å². The topological polar surface area (TPSA) is 0 Å². The summed E-state index contributed by atoms with van der Waals surface area (Å²) in [4.78, 5) is 0. The Kier molecular flexibility index (Phi) is 205. The van der Waals surface area contributed by atoms with E-state index in [-0.39, 0.29) is 0 Å². The van der Waals surface area contributed by atoms with Crippen LogP contribution in [0.3, 0.4) is 0 Å². The maximum Gasteiger partial charge on any atom is 0.00576 e. The van der Waals surface area contributed by atoms with E-state index in [1.807, 2.05) is 20.8 Å². The van der Waals surface area contributed by atoms with Crippen molar-refractivity contribution in [1.29, 1.82) is 0 Å². The molecule has 0 unspecified atom stereocenters. The van der Waals surface area contributed by atoms with Crippen molar-refractivity contribution in [2.45, 2.75) is 27.2 Å². The number of rotatable bonds is 0. The van der Waals surface area contributed by atoms with Crippen LogP contribution in [-0.4, -0.2) is 0 Å². The van der Waals surface area contributed by atoms with Gasteiger partial charge in [0.1, 0.15) is 0 Å². The van der Waals surface area contributed by atoms with Crippen LogP contribution in [0, 0.1) is 12.3 Å². The molecule has 0 aromatic heterocycles. The van der Waals surface area contributed by atoms with Gasteiger partial charge in [-0.15, -0.1) is 25.5 Å². The highest BCUT2D eigenvalue weighted by molar-refractivity contribution is 4.80. The lowest BCUT2D eigenvalue weighted by atomic mass is 10.5. The second kappa shape index (κ2) is 105. The van der Waals surface area contributed by atoms with Crippen molar-refractivity contribution < 1.29 is 0 Å². The van der Waals surface area contributed by atoms with Crippen LogP contribution in [0.4, 0.5) is 0 Å². The minimum Gasteiger partial charge on any atom is -0.120 e. The normalized spacial score (nSPS) is 3.75. The molecule has 0 aliphatic carbocycles. The summed E-state index contributed by atoms with van der Waals surface area (Å²) in [6, 6.07) is 0. The maximum absolute atomic E-state index is 4.78. The van der Waals surface area contributed by atoms with E-state index in [1.54, 1.807) is 0 Å². The first-order chi connectivity index (χ1) is 3.91. The zero-order valence-corrected chi connectivity index (χ0v) is 6.20. The SMILES string of the molecule is C#CCC.C=C.CC. The Morgan fingerprint density at radius 3 is 1.50 bits per heavy atom. The molecule has 0 spiro atoms. The minimum atomic E-state index is 0.847. The van der Waals surface area contributed by atoms with Gasteiger partial charge in [-0.1, -0.05) is 20.8 Å². The lowest BCUT2D eigenvalue weighted by molar-refractivity contribution is 1.28. The maximum atomic E-state index is 4.78. The van der Waals surface area contributed by atoms with Crippen LogP contribution in [0.5, 0.6) is 0 Å². The van der Waals surface area contributed by atoms with Crippen molar-refractivity contribution in [3.63, 3.8) is 0 Å². The zero-order valence-electron chi connectivity index (χ0n) is 6.20. The van der Waals surface area contributed by atoms with Crippen molar-refractivity contribution in [1.82, 2.24) is 0 Å². The summed E-state index contributed by atoms with van der Waals surface area (Å²) in [6.07, 6.45) is 5.62. The fourth-order valence-electron chi connectivity index (χ4n) is 0. The van der Waals surface area contributed by atoms with Gasteiger partial charge in [0, 0.05) is 6.42 Å². The molecule has 0 amide bonds. The summed E-state index contributed by atoms with van der Waals surface area (Å²) in [5.41, 5.74) is 0. The summed E-state index contributed by atoms with van der Waals surface area (Å²) in [5, 5.41) is 0. The van der Waals surface area contributed by atoms with Crippen molar-refractivity contribution in [2.24, 2.45) is 0 Å². The molecule has 0 saturated heterocycles. The lowest BCUT2D eigenvalue weighted by Gasteiger charge is -1.52. The molecule has 0 radical (unpaired) electrons. The van der Waals surface area contributed by atoms with Gasteiger partial charge in [-0.05, 0) is 0 Å². The molecule has 0 N–H and O–H groups in total. The van der Waals surface area contributed by atoms with Crippen molar-refractivity contribution in [3.8, 4) is 12.3 Å². The van der Waals surface area contributed by atoms with Gasteiger partial charge in [0.15, 0.2) is 0 Å². The third kappa shape index (κ3) is 1090. The number of hydrogen-bond donors (Lipinski definition) is 0. The third-order valence-corrected chi connectivity index (χ3v) is 0.204. The predicted molar refractivity (Wildman–Crippen MR) is 41.7 cm³/mol. The van der Waals surface area contributed by atoms with E-state index in [4.69, 9.17) is 6.42 Å². The van der Waals surface area contributed by atoms with E-state index >= 15 is 0 Å². The summed E-state index contributed by atoms with van der Waals surface area (Å²) < 4.78 is 0. The second-order valence-electron chi connectivity index (χ2n) is 0.558. The molecule has 0 atom stereocenters. The van der Waals surface area contributed by atoms with Gasteiger partial charge in [0.25, 0.3) is 0 Å². The molecule has 0 rings (SSSR count). The molecule has 0 aliphatic rings. The van der Waals surface area contributed by atoms with Crippen LogP contribution in [0.15, 0.2) is 13.2 Å². The Morgan fingerprint density at radius 2 is 1.50 bits per heavy atom. The molecule has 8 heavy (non-hydrogen) atoms. The molecule has 0 fully saturated rings. The third-order valence-electron chi connectivity index (χ3n) is 0.204. The quantitative estimate of drug-likeness (QED) is 0.334. The first-order valence-electron chi connectivity index (χ1n) is 2.85. The fourth-order valence-corrected chi connectivity index (χ4v) is 0. The van der Waals surface area contributed by atoms with Gasteiger partial charge >= 0.3 is 0 Å². The van der Waals surface area contributed by atoms with E-state index in [2.05, 4.69) is 19.1 Å². The molecule has 48 valence electrons. The van der Waals surface area contributed by atoms with Gasteiger partial charge < -0.3 is 0 Å². The summed E-state index contributed by atoms with van der Waals surface area (Å²) in [7, 11) is 0. The van der Waals surface area contributed by atoms with Crippen LogP contribution in [0.25, 0.3) is 0 Å². The average molecular weight is 112 g/mol. The molecule has 0 aromatic carbocycles. The smallest absolute Gasteiger partial charge is 0.00576 e. The van der Waals surface area contributed by atoms with Gasteiger partial charge in [-0.3, -0.25) is 0 Å². The van der Waals surface area contributed by atoms with E-state index in [0.29, 0.717) is 0 Å². The van der Waals surface area contributed by atoms with Gasteiger partial charge in [-0.25, -0.2) is 0 Å². The zero-order chi connectivity index (χ0) is 7.41. The van der Waals surface area contributed by atoms with E-state index < -0.39 is 0 Å². The highest BCUT2D eigenvalue weighted by atomic mass is 13.5. The van der Waals surface area contributed by atoms with Crippen molar-refractivity contribution in [3.05, 3.63) is 13.2 Å². The van der Waals surface area contributed by atoms with Crippen molar-refractivity contribution >= 4 is 0 Å². The first kappa shape index (κ1) is 15.7. The molecule has 0 heteroatoms. The van der Waals surface area contributed by atoms with Crippen LogP contribution in [0.1, 0.15) is 27.2 Å². The molecule has 0 heterocycles. The minimum absolute atomic E-state index is 0.847. The fraction of sp³-hybridized carbons (Fsp3) is 0.500. The molecular formula is C8H16. The second-order valence-corrected chi connectivity index (χ2v) is 0.558. The lowest BCUT2D eigenvalue weighted by Crippen LogP contribution is -1.38. The molecule has 0 nitrogen and oxygen atoms in total. The standard InChI is InChI=1S/C4H6.C2H6.C2H4/c1-3-4-2;2*1-2/h1H,4H2,2H3;1-2H3;1-2H2. The Labute approximate surface area is 53.6 Å².